The molecule has 2 aliphatic heterocycles. The molecule has 2 N–H and O–H groups in total. The van der Waals surface area contributed by atoms with Gasteiger partial charge in [-0.05, 0) is 37.6 Å². The van der Waals surface area contributed by atoms with Gasteiger partial charge in [0.05, 0.1) is 18.1 Å². The summed E-state index contributed by atoms with van der Waals surface area (Å²) in [5.41, 5.74) is 0. The van der Waals surface area contributed by atoms with Gasteiger partial charge in [-0.2, -0.15) is 0 Å². The third kappa shape index (κ3) is 3.48. The van der Waals surface area contributed by atoms with E-state index in [1.165, 1.54) is 6.07 Å². The van der Waals surface area contributed by atoms with E-state index >= 15 is 0 Å². The normalized spacial score (nSPS) is 22.0. The standard InChI is InChI=1S/C14H20N2O4S/c17-21(18,16-10-11-4-5-15-9-11)12-2-3-13-14(8-12)20-7-1-6-19-13/h2-3,8,11,15-16H,1,4-7,9-10H2. The van der Waals surface area contributed by atoms with Gasteiger partial charge in [0.25, 0.3) is 0 Å². The minimum Gasteiger partial charge on any atom is -0.490 e. The summed E-state index contributed by atoms with van der Waals surface area (Å²) in [6.07, 6.45) is 1.80. The number of rotatable bonds is 4. The maximum absolute atomic E-state index is 12.3. The summed E-state index contributed by atoms with van der Waals surface area (Å²) < 4.78 is 38.4. The van der Waals surface area contributed by atoms with Gasteiger partial charge in [0, 0.05) is 19.0 Å². The van der Waals surface area contributed by atoms with Crippen LogP contribution in [0.2, 0.25) is 0 Å². The molecule has 116 valence electrons. The van der Waals surface area contributed by atoms with E-state index < -0.39 is 10.0 Å². The van der Waals surface area contributed by atoms with Crippen LogP contribution < -0.4 is 19.5 Å². The lowest BCUT2D eigenvalue weighted by atomic mass is 10.1. The lowest BCUT2D eigenvalue weighted by Crippen LogP contribution is -2.30. The molecule has 1 unspecified atom stereocenters. The lowest BCUT2D eigenvalue weighted by Gasteiger charge is -2.13. The fourth-order valence-corrected chi connectivity index (χ4v) is 3.64. The van der Waals surface area contributed by atoms with Gasteiger partial charge in [-0.3, -0.25) is 0 Å². The van der Waals surface area contributed by atoms with Crippen LogP contribution >= 0.6 is 0 Å². The molecule has 0 saturated carbocycles. The quantitative estimate of drug-likeness (QED) is 0.857. The Bertz CT molecular complexity index is 597. The van der Waals surface area contributed by atoms with E-state index in [1.807, 2.05) is 0 Å². The fraction of sp³-hybridized carbons (Fsp3) is 0.571. The summed E-state index contributed by atoms with van der Waals surface area (Å²) in [4.78, 5) is 0.220. The highest BCUT2D eigenvalue weighted by molar-refractivity contribution is 7.89. The van der Waals surface area contributed by atoms with Crippen molar-refractivity contribution in [2.75, 3.05) is 32.8 Å². The molecule has 3 rings (SSSR count). The maximum Gasteiger partial charge on any atom is 0.240 e. The molecule has 1 aromatic rings. The molecular formula is C14H20N2O4S. The summed E-state index contributed by atoms with van der Waals surface area (Å²) in [6.45, 7) is 3.41. The van der Waals surface area contributed by atoms with Crippen LogP contribution in [0, 0.1) is 5.92 Å². The van der Waals surface area contributed by atoms with E-state index in [1.54, 1.807) is 12.1 Å². The molecule has 1 atom stereocenters. The lowest BCUT2D eigenvalue weighted by molar-refractivity contribution is 0.297. The molecule has 0 bridgehead atoms. The first kappa shape index (κ1) is 14.6. The molecule has 0 aromatic heterocycles. The van der Waals surface area contributed by atoms with Crippen molar-refractivity contribution in [1.82, 2.24) is 10.0 Å². The first-order valence-electron chi connectivity index (χ1n) is 7.25. The summed E-state index contributed by atoms with van der Waals surface area (Å²) in [6, 6.07) is 4.75. The molecule has 2 heterocycles. The SMILES string of the molecule is O=S(=O)(NCC1CCNC1)c1ccc2c(c1)OCCCO2. The Kier molecular flexibility index (Phi) is 4.32. The van der Waals surface area contributed by atoms with Gasteiger partial charge in [-0.1, -0.05) is 0 Å². The molecule has 0 spiro atoms. The van der Waals surface area contributed by atoms with E-state index in [-0.39, 0.29) is 4.90 Å². The van der Waals surface area contributed by atoms with Crippen LogP contribution in [-0.2, 0) is 10.0 Å². The van der Waals surface area contributed by atoms with Crippen molar-refractivity contribution in [1.29, 1.82) is 0 Å². The summed E-state index contributed by atoms with van der Waals surface area (Å²) in [5, 5.41) is 3.22. The Morgan fingerprint density at radius 3 is 2.81 bits per heavy atom. The van der Waals surface area contributed by atoms with Crippen LogP contribution in [0.3, 0.4) is 0 Å². The highest BCUT2D eigenvalue weighted by Crippen LogP contribution is 2.31. The van der Waals surface area contributed by atoms with Crippen LogP contribution in [0.1, 0.15) is 12.8 Å². The monoisotopic (exact) mass is 312 g/mol. The number of sulfonamides is 1. The second-order valence-corrected chi connectivity index (χ2v) is 7.14. The zero-order valence-electron chi connectivity index (χ0n) is 11.8. The van der Waals surface area contributed by atoms with E-state index in [0.29, 0.717) is 37.2 Å². The van der Waals surface area contributed by atoms with Gasteiger partial charge < -0.3 is 14.8 Å². The van der Waals surface area contributed by atoms with Gasteiger partial charge in [-0.15, -0.1) is 0 Å². The molecule has 6 nitrogen and oxygen atoms in total. The predicted octanol–water partition coefficient (Wildman–Crippen LogP) is 0.736. The van der Waals surface area contributed by atoms with Gasteiger partial charge in [0.2, 0.25) is 10.0 Å². The van der Waals surface area contributed by atoms with Crippen molar-refractivity contribution >= 4 is 10.0 Å². The molecule has 0 radical (unpaired) electrons. The zero-order chi connectivity index (χ0) is 14.7. The third-order valence-corrected chi connectivity index (χ3v) is 5.17. The Labute approximate surface area is 124 Å². The largest absolute Gasteiger partial charge is 0.490 e. The predicted molar refractivity (Wildman–Crippen MR) is 78.2 cm³/mol. The Hall–Kier alpha value is -1.31. The fourth-order valence-electron chi connectivity index (χ4n) is 2.51. The Morgan fingerprint density at radius 2 is 2.05 bits per heavy atom. The van der Waals surface area contributed by atoms with Crippen molar-refractivity contribution in [2.45, 2.75) is 17.7 Å². The molecule has 2 aliphatic rings. The second-order valence-electron chi connectivity index (χ2n) is 5.37. The third-order valence-electron chi connectivity index (χ3n) is 3.75. The van der Waals surface area contributed by atoms with Gasteiger partial charge >= 0.3 is 0 Å². The van der Waals surface area contributed by atoms with E-state index in [9.17, 15) is 8.42 Å². The molecular weight excluding hydrogens is 292 g/mol. The van der Waals surface area contributed by atoms with Crippen molar-refractivity contribution < 1.29 is 17.9 Å². The molecule has 21 heavy (non-hydrogen) atoms. The summed E-state index contributed by atoms with van der Waals surface area (Å²) in [7, 11) is -3.51. The van der Waals surface area contributed by atoms with Crippen molar-refractivity contribution in [3.05, 3.63) is 18.2 Å². The number of hydrogen-bond acceptors (Lipinski definition) is 5. The molecule has 7 heteroatoms. The first-order chi connectivity index (χ1) is 10.1. The van der Waals surface area contributed by atoms with Crippen molar-refractivity contribution in [2.24, 2.45) is 5.92 Å². The average molecular weight is 312 g/mol. The summed E-state index contributed by atoms with van der Waals surface area (Å²) >= 11 is 0. The number of ether oxygens (including phenoxy) is 2. The number of benzene rings is 1. The van der Waals surface area contributed by atoms with E-state index in [4.69, 9.17) is 9.47 Å². The van der Waals surface area contributed by atoms with Crippen LogP contribution in [0.5, 0.6) is 11.5 Å². The van der Waals surface area contributed by atoms with Crippen molar-refractivity contribution in [3.63, 3.8) is 0 Å². The second kappa shape index (κ2) is 6.21. The van der Waals surface area contributed by atoms with Gasteiger partial charge in [0.1, 0.15) is 0 Å². The minimum atomic E-state index is -3.51. The molecule has 1 saturated heterocycles. The van der Waals surface area contributed by atoms with Crippen molar-refractivity contribution in [3.8, 4) is 11.5 Å². The maximum atomic E-state index is 12.3. The highest BCUT2D eigenvalue weighted by atomic mass is 32.2. The van der Waals surface area contributed by atoms with Crippen LogP contribution in [-0.4, -0.2) is 41.3 Å². The topological polar surface area (TPSA) is 76.7 Å². The van der Waals surface area contributed by atoms with Crippen LogP contribution in [0.15, 0.2) is 23.1 Å². The molecule has 0 aliphatic carbocycles. The first-order valence-corrected chi connectivity index (χ1v) is 8.73. The molecule has 1 fully saturated rings. The highest BCUT2D eigenvalue weighted by Gasteiger charge is 2.21. The average Bonchev–Trinajstić information content (AvgIpc) is 2.89. The Morgan fingerprint density at radius 1 is 1.24 bits per heavy atom. The van der Waals surface area contributed by atoms with E-state index in [2.05, 4.69) is 10.0 Å². The molecule has 0 amide bonds. The number of nitrogens with one attached hydrogen (secondary N) is 2. The van der Waals surface area contributed by atoms with Gasteiger partial charge in [0.15, 0.2) is 11.5 Å². The van der Waals surface area contributed by atoms with Crippen LogP contribution in [0.25, 0.3) is 0 Å². The Balaban J connectivity index is 1.73. The van der Waals surface area contributed by atoms with Gasteiger partial charge in [-0.25, -0.2) is 13.1 Å². The number of hydrogen-bond donors (Lipinski definition) is 2. The zero-order valence-corrected chi connectivity index (χ0v) is 12.6. The number of fused-ring (bicyclic) bond motifs is 1. The minimum absolute atomic E-state index is 0.220. The summed E-state index contributed by atoms with van der Waals surface area (Å²) in [5.74, 6) is 1.46. The molecule has 1 aromatic carbocycles. The van der Waals surface area contributed by atoms with E-state index in [0.717, 1.165) is 25.9 Å². The van der Waals surface area contributed by atoms with Crippen LogP contribution in [0.4, 0.5) is 0 Å². The smallest absolute Gasteiger partial charge is 0.240 e.